The lowest BCUT2D eigenvalue weighted by atomic mass is 9.86. The molecule has 1 heterocycles. The van der Waals surface area contributed by atoms with Gasteiger partial charge in [0.2, 0.25) is 11.8 Å². The summed E-state index contributed by atoms with van der Waals surface area (Å²) in [6, 6.07) is 9.77. The van der Waals surface area contributed by atoms with Crippen LogP contribution in [0.25, 0.3) is 0 Å². The molecule has 0 aliphatic carbocycles. The van der Waals surface area contributed by atoms with E-state index >= 15 is 0 Å². The minimum absolute atomic E-state index is 0.0233. The Morgan fingerprint density at radius 3 is 2.53 bits per heavy atom. The number of para-hydroxylation sites is 1. The first-order valence-electron chi connectivity index (χ1n) is 6.29. The molecule has 0 saturated heterocycles. The molecule has 2 aromatic rings. The molecule has 100 valence electrons. The summed E-state index contributed by atoms with van der Waals surface area (Å²) in [5.74, 6) is 1.91. The smallest absolute Gasteiger partial charge is 0.225 e. The van der Waals surface area contributed by atoms with E-state index in [1.165, 1.54) is 0 Å². The van der Waals surface area contributed by atoms with Gasteiger partial charge in [-0.3, -0.25) is 0 Å². The first kappa shape index (κ1) is 13.3. The van der Waals surface area contributed by atoms with Crippen LogP contribution in [0.15, 0.2) is 36.5 Å². The van der Waals surface area contributed by atoms with E-state index in [0.29, 0.717) is 11.8 Å². The maximum absolute atomic E-state index is 5.89. The minimum Gasteiger partial charge on any atom is -0.439 e. The first-order valence-corrected chi connectivity index (χ1v) is 6.29. The van der Waals surface area contributed by atoms with Crippen LogP contribution in [-0.4, -0.2) is 17.0 Å². The Morgan fingerprint density at radius 1 is 1.11 bits per heavy atom. The SMILES string of the molecule is CNc1nccc(Oc2ccccc2C(C)(C)C)n1. The molecule has 0 spiro atoms. The van der Waals surface area contributed by atoms with Gasteiger partial charge in [-0.05, 0) is 11.5 Å². The zero-order valence-electron chi connectivity index (χ0n) is 11.8. The van der Waals surface area contributed by atoms with Gasteiger partial charge in [-0.2, -0.15) is 4.98 Å². The monoisotopic (exact) mass is 257 g/mol. The van der Waals surface area contributed by atoms with Crippen molar-refractivity contribution in [2.75, 3.05) is 12.4 Å². The van der Waals surface area contributed by atoms with Crippen molar-refractivity contribution in [1.29, 1.82) is 0 Å². The highest BCUT2D eigenvalue weighted by Gasteiger charge is 2.19. The molecular weight excluding hydrogens is 238 g/mol. The van der Waals surface area contributed by atoms with E-state index in [1.54, 1.807) is 19.3 Å². The number of benzene rings is 1. The van der Waals surface area contributed by atoms with Crippen LogP contribution in [0.5, 0.6) is 11.6 Å². The third-order valence-corrected chi connectivity index (χ3v) is 2.76. The van der Waals surface area contributed by atoms with Crippen molar-refractivity contribution in [3.05, 3.63) is 42.1 Å². The first-order chi connectivity index (χ1) is 9.00. The molecule has 1 N–H and O–H groups in total. The van der Waals surface area contributed by atoms with Crippen molar-refractivity contribution in [3.63, 3.8) is 0 Å². The van der Waals surface area contributed by atoms with Gasteiger partial charge in [-0.15, -0.1) is 0 Å². The summed E-state index contributed by atoms with van der Waals surface area (Å²) in [6.07, 6.45) is 1.67. The molecule has 4 heteroatoms. The van der Waals surface area contributed by atoms with E-state index in [1.807, 2.05) is 18.2 Å². The van der Waals surface area contributed by atoms with Gasteiger partial charge in [0, 0.05) is 24.9 Å². The van der Waals surface area contributed by atoms with Crippen molar-refractivity contribution in [1.82, 2.24) is 9.97 Å². The molecule has 0 atom stereocenters. The summed E-state index contributed by atoms with van der Waals surface area (Å²) in [5, 5.41) is 2.90. The van der Waals surface area contributed by atoms with Crippen LogP contribution in [0.2, 0.25) is 0 Å². The van der Waals surface area contributed by atoms with E-state index in [4.69, 9.17) is 4.74 Å². The van der Waals surface area contributed by atoms with E-state index in [2.05, 4.69) is 42.1 Å². The molecule has 1 aromatic heterocycles. The number of nitrogens with zero attached hydrogens (tertiary/aromatic N) is 2. The molecule has 0 bridgehead atoms. The maximum Gasteiger partial charge on any atom is 0.225 e. The molecule has 0 aliphatic rings. The second-order valence-electron chi connectivity index (χ2n) is 5.32. The van der Waals surface area contributed by atoms with E-state index in [0.717, 1.165) is 11.3 Å². The van der Waals surface area contributed by atoms with Gasteiger partial charge >= 0.3 is 0 Å². The molecule has 19 heavy (non-hydrogen) atoms. The number of anilines is 1. The van der Waals surface area contributed by atoms with Crippen LogP contribution in [-0.2, 0) is 5.41 Å². The number of hydrogen-bond donors (Lipinski definition) is 1. The van der Waals surface area contributed by atoms with Crippen molar-refractivity contribution >= 4 is 5.95 Å². The number of aromatic nitrogens is 2. The molecule has 0 aliphatic heterocycles. The average Bonchev–Trinajstić information content (AvgIpc) is 2.38. The second kappa shape index (κ2) is 5.26. The van der Waals surface area contributed by atoms with Crippen LogP contribution < -0.4 is 10.1 Å². The van der Waals surface area contributed by atoms with Gasteiger partial charge in [0.1, 0.15) is 5.75 Å². The summed E-state index contributed by atoms with van der Waals surface area (Å²) in [6.45, 7) is 6.48. The quantitative estimate of drug-likeness (QED) is 0.912. The predicted octanol–water partition coefficient (Wildman–Crippen LogP) is 3.61. The van der Waals surface area contributed by atoms with Crippen molar-refractivity contribution in [3.8, 4) is 11.6 Å². The summed E-state index contributed by atoms with van der Waals surface area (Å²) in [4.78, 5) is 8.33. The second-order valence-corrected chi connectivity index (χ2v) is 5.32. The molecule has 0 amide bonds. The van der Waals surface area contributed by atoms with Crippen LogP contribution in [0.1, 0.15) is 26.3 Å². The van der Waals surface area contributed by atoms with E-state index in [9.17, 15) is 0 Å². The predicted molar refractivity (Wildman–Crippen MR) is 76.8 cm³/mol. The zero-order chi connectivity index (χ0) is 13.9. The Bertz CT molecular complexity index is 561. The lowest BCUT2D eigenvalue weighted by molar-refractivity contribution is 0.439. The summed E-state index contributed by atoms with van der Waals surface area (Å²) in [5.41, 5.74) is 1.18. The molecular formula is C15H19N3O. The molecule has 1 aromatic carbocycles. The van der Waals surface area contributed by atoms with Gasteiger partial charge in [-0.1, -0.05) is 39.0 Å². The van der Waals surface area contributed by atoms with Crippen molar-refractivity contribution < 1.29 is 4.74 Å². The molecule has 0 unspecified atom stereocenters. The van der Waals surface area contributed by atoms with Gasteiger partial charge in [-0.25, -0.2) is 4.98 Å². The normalized spacial score (nSPS) is 11.2. The van der Waals surface area contributed by atoms with E-state index in [-0.39, 0.29) is 5.41 Å². The van der Waals surface area contributed by atoms with Gasteiger partial charge in [0.05, 0.1) is 0 Å². The van der Waals surface area contributed by atoms with E-state index < -0.39 is 0 Å². The van der Waals surface area contributed by atoms with Crippen molar-refractivity contribution in [2.45, 2.75) is 26.2 Å². The summed E-state index contributed by atoms with van der Waals surface area (Å²) < 4.78 is 5.89. The van der Waals surface area contributed by atoms with Gasteiger partial charge in [0.15, 0.2) is 0 Å². The number of ether oxygens (including phenoxy) is 1. The minimum atomic E-state index is 0.0233. The third-order valence-electron chi connectivity index (χ3n) is 2.76. The summed E-state index contributed by atoms with van der Waals surface area (Å²) >= 11 is 0. The Kier molecular flexibility index (Phi) is 3.69. The fraction of sp³-hybridized carbons (Fsp3) is 0.333. The highest BCUT2D eigenvalue weighted by molar-refractivity contribution is 5.40. The average molecular weight is 257 g/mol. The van der Waals surface area contributed by atoms with Crippen LogP contribution in [0, 0.1) is 0 Å². The van der Waals surface area contributed by atoms with Crippen LogP contribution in [0.4, 0.5) is 5.95 Å². The Hall–Kier alpha value is -2.10. The number of rotatable bonds is 3. The Morgan fingerprint density at radius 2 is 1.84 bits per heavy atom. The Labute approximate surface area is 113 Å². The lowest BCUT2D eigenvalue weighted by Crippen LogP contribution is -2.12. The highest BCUT2D eigenvalue weighted by atomic mass is 16.5. The molecule has 2 rings (SSSR count). The lowest BCUT2D eigenvalue weighted by Gasteiger charge is -2.22. The molecule has 0 fully saturated rings. The Balaban J connectivity index is 2.33. The third kappa shape index (κ3) is 3.22. The fourth-order valence-electron chi connectivity index (χ4n) is 1.81. The molecule has 0 radical (unpaired) electrons. The molecule has 4 nitrogen and oxygen atoms in total. The van der Waals surface area contributed by atoms with Crippen LogP contribution in [0.3, 0.4) is 0 Å². The molecule has 0 saturated carbocycles. The largest absolute Gasteiger partial charge is 0.439 e. The van der Waals surface area contributed by atoms with Crippen molar-refractivity contribution in [2.24, 2.45) is 0 Å². The topological polar surface area (TPSA) is 47.0 Å². The van der Waals surface area contributed by atoms with Crippen LogP contribution >= 0.6 is 0 Å². The van der Waals surface area contributed by atoms with Gasteiger partial charge < -0.3 is 10.1 Å². The summed E-state index contributed by atoms with van der Waals surface area (Å²) in [7, 11) is 1.78. The number of nitrogens with one attached hydrogen (secondary N) is 1. The fourth-order valence-corrected chi connectivity index (χ4v) is 1.81. The maximum atomic E-state index is 5.89. The zero-order valence-corrected chi connectivity index (χ0v) is 11.8. The highest BCUT2D eigenvalue weighted by Crippen LogP contribution is 2.33. The standard InChI is InChI=1S/C15H19N3O/c1-15(2,3)11-7-5-6-8-12(11)19-13-9-10-17-14(16-4)18-13/h5-10H,1-4H3,(H,16,17,18). The number of hydrogen-bond acceptors (Lipinski definition) is 4. The van der Waals surface area contributed by atoms with Gasteiger partial charge in [0.25, 0.3) is 0 Å².